The summed E-state index contributed by atoms with van der Waals surface area (Å²) in [6, 6.07) is 4.15. The summed E-state index contributed by atoms with van der Waals surface area (Å²) in [5.74, 6) is 1.58. The highest BCUT2D eigenvalue weighted by Crippen LogP contribution is 2.12. The van der Waals surface area contributed by atoms with Crippen molar-refractivity contribution in [2.45, 2.75) is 26.4 Å². The molecule has 0 fully saturated rings. The van der Waals surface area contributed by atoms with Gasteiger partial charge in [-0.15, -0.1) is 0 Å². The van der Waals surface area contributed by atoms with Gasteiger partial charge in [0, 0.05) is 18.4 Å². The third kappa shape index (κ3) is 2.47. The van der Waals surface area contributed by atoms with Gasteiger partial charge in [0.05, 0.1) is 12.2 Å². The van der Waals surface area contributed by atoms with Crippen LogP contribution in [-0.2, 0) is 6.54 Å². The van der Waals surface area contributed by atoms with Gasteiger partial charge in [0.15, 0.2) is 0 Å². The van der Waals surface area contributed by atoms with Crippen LogP contribution in [0.3, 0.4) is 0 Å². The number of oxazole rings is 1. The first kappa shape index (κ1) is 9.98. The molecule has 0 amide bonds. The van der Waals surface area contributed by atoms with Gasteiger partial charge in [0.1, 0.15) is 5.76 Å². The number of aromatic amines is 1. The van der Waals surface area contributed by atoms with Gasteiger partial charge >= 0.3 is 0 Å². The minimum atomic E-state index is 0.127. The van der Waals surface area contributed by atoms with Crippen LogP contribution in [0, 0.1) is 6.92 Å². The van der Waals surface area contributed by atoms with Crippen molar-refractivity contribution in [3.8, 4) is 0 Å². The van der Waals surface area contributed by atoms with Crippen molar-refractivity contribution < 1.29 is 4.42 Å². The van der Waals surface area contributed by atoms with Crippen LogP contribution < -0.4 is 5.32 Å². The predicted octanol–water partition coefficient (Wildman–Crippen LogP) is 2.16. The fourth-order valence-electron chi connectivity index (χ4n) is 1.40. The summed E-state index contributed by atoms with van der Waals surface area (Å²) in [5, 5.41) is 3.33. The second kappa shape index (κ2) is 4.31. The van der Waals surface area contributed by atoms with Crippen LogP contribution >= 0.6 is 0 Å². The third-order valence-electron chi connectivity index (χ3n) is 2.27. The highest BCUT2D eigenvalue weighted by molar-refractivity contribution is 5.04. The molecule has 0 aromatic carbocycles. The van der Waals surface area contributed by atoms with E-state index >= 15 is 0 Å². The van der Waals surface area contributed by atoms with Gasteiger partial charge in [-0.2, -0.15) is 0 Å². The maximum absolute atomic E-state index is 5.43. The van der Waals surface area contributed by atoms with Crippen molar-refractivity contribution in [2.75, 3.05) is 0 Å². The molecule has 15 heavy (non-hydrogen) atoms. The first-order valence-electron chi connectivity index (χ1n) is 5.03. The van der Waals surface area contributed by atoms with Gasteiger partial charge in [0.2, 0.25) is 5.89 Å². The zero-order chi connectivity index (χ0) is 10.7. The fraction of sp³-hybridized carbons (Fsp3) is 0.364. The molecule has 80 valence electrons. The largest absolute Gasteiger partial charge is 0.444 e. The molecule has 4 heteroatoms. The van der Waals surface area contributed by atoms with E-state index in [2.05, 4.69) is 15.3 Å². The van der Waals surface area contributed by atoms with Gasteiger partial charge in [0.25, 0.3) is 0 Å². The van der Waals surface area contributed by atoms with Crippen LogP contribution in [0.15, 0.2) is 28.9 Å². The Labute approximate surface area is 88.7 Å². The number of rotatable bonds is 4. The van der Waals surface area contributed by atoms with E-state index in [1.807, 2.05) is 32.2 Å². The van der Waals surface area contributed by atoms with E-state index in [1.54, 1.807) is 6.20 Å². The van der Waals surface area contributed by atoms with Crippen molar-refractivity contribution in [2.24, 2.45) is 0 Å². The van der Waals surface area contributed by atoms with Gasteiger partial charge in [-0.1, -0.05) is 0 Å². The number of hydrogen-bond donors (Lipinski definition) is 2. The molecule has 2 rings (SSSR count). The molecule has 0 saturated heterocycles. The Hall–Kier alpha value is -1.55. The third-order valence-corrected chi connectivity index (χ3v) is 2.27. The van der Waals surface area contributed by atoms with Crippen molar-refractivity contribution >= 4 is 0 Å². The van der Waals surface area contributed by atoms with Crippen LogP contribution in [-0.4, -0.2) is 9.97 Å². The SMILES string of the molecule is Cc1cnc(C(C)NCc2ccc[nH]2)o1. The lowest BCUT2D eigenvalue weighted by Gasteiger charge is -2.08. The Morgan fingerprint density at radius 3 is 3.07 bits per heavy atom. The van der Waals surface area contributed by atoms with E-state index in [0.29, 0.717) is 0 Å². The Morgan fingerprint density at radius 1 is 1.60 bits per heavy atom. The molecule has 2 heterocycles. The highest BCUT2D eigenvalue weighted by Gasteiger charge is 2.10. The molecule has 0 aliphatic carbocycles. The number of aromatic nitrogens is 2. The van der Waals surface area contributed by atoms with Gasteiger partial charge in [-0.3, -0.25) is 0 Å². The lowest BCUT2D eigenvalue weighted by Crippen LogP contribution is -2.18. The molecule has 0 radical (unpaired) electrons. The quantitative estimate of drug-likeness (QED) is 0.804. The Bertz CT molecular complexity index is 405. The molecule has 1 atom stereocenters. The molecule has 0 saturated carbocycles. The first-order valence-corrected chi connectivity index (χ1v) is 5.03. The highest BCUT2D eigenvalue weighted by atomic mass is 16.4. The summed E-state index contributed by atoms with van der Waals surface area (Å²) < 4.78 is 5.43. The minimum absolute atomic E-state index is 0.127. The van der Waals surface area contributed by atoms with Gasteiger partial charge in [-0.05, 0) is 26.0 Å². The molecule has 1 unspecified atom stereocenters. The number of nitrogens with zero attached hydrogens (tertiary/aromatic N) is 1. The van der Waals surface area contributed by atoms with E-state index in [-0.39, 0.29) is 6.04 Å². The number of aryl methyl sites for hydroxylation is 1. The normalized spacial score (nSPS) is 12.9. The summed E-state index contributed by atoms with van der Waals surface area (Å²) in [4.78, 5) is 7.31. The van der Waals surface area contributed by atoms with Crippen LogP contribution in [0.1, 0.15) is 30.3 Å². The first-order chi connectivity index (χ1) is 7.25. The summed E-state index contributed by atoms with van der Waals surface area (Å²) in [6.07, 6.45) is 3.65. The van der Waals surface area contributed by atoms with Crippen LogP contribution in [0.4, 0.5) is 0 Å². The Kier molecular flexibility index (Phi) is 2.87. The van der Waals surface area contributed by atoms with Crippen LogP contribution in [0.25, 0.3) is 0 Å². The smallest absolute Gasteiger partial charge is 0.211 e. The minimum Gasteiger partial charge on any atom is -0.444 e. The maximum Gasteiger partial charge on any atom is 0.211 e. The van der Waals surface area contributed by atoms with E-state index in [4.69, 9.17) is 4.42 Å². The molecular formula is C11H15N3O. The number of nitrogens with one attached hydrogen (secondary N) is 2. The second-order valence-electron chi connectivity index (χ2n) is 3.61. The molecule has 4 nitrogen and oxygen atoms in total. The molecule has 0 bridgehead atoms. The van der Waals surface area contributed by atoms with Crippen LogP contribution in [0.2, 0.25) is 0 Å². The van der Waals surface area contributed by atoms with Gasteiger partial charge < -0.3 is 14.7 Å². The summed E-state index contributed by atoms with van der Waals surface area (Å²) in [6.45, 7) is 4.72. The molecule has 2 aromatic rings. The molecular weight excluding hydrogens is 190 g/mol. The average Bonchev–Trinajstić information content (AvgIpc) is 2.84. The zero-order valence-electron chi connectivity index (χ0n) is 8.95. The van der Waals surface area contributed by atoms with Gasteiger partial charge in [-0.25, -0.2) is 4.98 Å². The van der Waals surface area contributed by atoms with E-state index < -0.39 is 0 Å². The fourth-order valence-corrected chi connectivity index (χ4v) is 1.40. The molecule has 0 spiro atoms. The lowest BCUT2D eigenvalue weighted by atomic mass is 10.3. The topological polar surface area (TPSA) is 53.9 Å². The average molecular weight is 205 g/mol. The van der Waals surface area contributed by atoms with E-state index in [9.17, 15) is 0 Å². The summed E-state index contributed by atoms with van der Waals surface area (Å²) >= 11 is 0. The number of hydrogen-bond acceptors (Lipinski definition) is 3. The second-order valence-corrected chi connectivity index (χ2v) is 3.61. The molecule has 2 aromatic heterocycles. The van der Waals surface area contributed by atoms with Crippen molar-refractivity contribution in [1.29, 1.82) is 0 Å². The standard InChI is InChI=1S/C11H15N3O/c1-8-6-14-11(15-8)9(2)13-7-10-4-3-5-12-10/h3-6,9,12-13H,7H2,1-2H3. The lowest BCUT2D eigenvalue weighted by molar-refractivity contribution is 0.401. The van der Waals surface area contributed by atoms with E-state index in [0.717, 1.165) is 23.9 Å². The van der Waals surface area contributed by atoms with Crippen molar-refractivity contribution in [1.82, 2.24) is 15.3 Å². The predicted molar refractivity (Wildman–Crippen MR) is 57.3 cm³/mol. The maximum atomic E-state index is 5.43. The van der Waals surface area contributed by atoms with Crippen molar-refractivity contribution in [3.63, 3.8) is 0 Å². The van der Waals surface area contributed by atoms with Crippen molar-refractivity contribution in [3.05, 3.63) is 41.9 Å². The summed E-state index contributed by atoms with van der Waals surface area (Å²) in [7, 11) is 0. The Balaban J connectivity index is 1.90. The number of H-pyrrole nitrogens is 1. The monoisotopic (exact) mass is 205 g/mol. The molecule has 0 aliphatic rings. The van der Waals surface area contributed by atoms with Crippen LogP contribution in [0.5, 0.6) is 0 Å². The van der Waals surface area contributed by atoms with E-state index in [1.165, 1.54) is 0 Å². The Morgan fingerprint density at radius 2 is 2.47 bits per heavy atom. The molecule has 2 N–H and O–H groups in total. The zero-order valence-corrected chi connectivity index (χ0v) is 8.95. The molecule has 0 aliphatic heterocycles. The summed E-state index contributed by atoms with van der Waals surface area (Å²) in [5.41, 5.74) is 1.16.